The molecule has 2 heterocycles. The number of nitrogens with one attached hydrogen (secondary N) is 3. The Morgan fingerprint density at radius 3 is 2.38 bits per heavy atom. The summed E-state index contributed by atoms with van der Waals surface area (Å²) in [6.07, 6.45) is 6.16. The van der Waals surface area contributed by atoms with Crippen molar-refractivity contribution in [3.63, 3.8) is 0 Å². The molecule has 2 aliphatic rings. The van der Waals surface area contributed by atoms with Crippen molar-refractivity contribution in [1.29, 1.82) is 0 Å². The smallest absolute Gasteiger partial charge is 0.328 e. The van der Waals surface area contributed by atoms with Crippen molar-refractivity contribution in [3.05, 3.63) is 48.0 Å². The van der Waals surface area contributed by atoms with E-state index in [9.17, 15) is 14.4 Å². The molecule has 1 atom stereocenters. The van der Waals surface area contributed by atoms with E-state index in [1.165, 1.54) is 39.0 Å². The largest absolute Gasteiger partial charge is 0.467 e. The SMILES string of the molecule is COC(=O)[C@@H](NC(=O)c1cc(-c2cccc(-c3ncc(C(=O)NC(C4CC4)C4CC4)o3)c2)n[nH]1)C(C)C. The van der Waals surface area contributed by atoms with Crippen LogP contribution in [0.5, 0.6) is 0 Å². The van der Waals surface area contributed by atoms with Gasteiger partial charge >= 0.3 is 5.97 Å². The van der Waals surface area contributed by atoms with Crippen molar-refractivity contribution in [3.8, 4) is 22.7 Å². The number of ether oxygens (including phenoxy) is 1. The number of esters is 1. The topological polar surface area (TPSA) is 139 Å². The first kappa shape index (κ1) is 24.7. The molecule has 0 radical (unpaired) electrons. The van der Waals surface area contributed by atoms with Crippen molar-refractivity contribution in [1.82, 2.24) is 25.8 Å². The minimum absolute atomic E-state index is 0.142. The van der Waals surface area contributed by atoms with Gasteiger partial charge in [0.1, 0.15) is 11.7 Å². The van der Waals surface area contributed by atoms with Crippen LogP contribution < -0.4 is 10.6 Å². The summed E-state index contributed by atoms with van der Waals surface area (Å²) in [7, 11) is 1.29. The minimum atomic E-state index is -0.771. The zero-order chi connectivity index (χ0) is 26.1. The molecular formula is C27H31N5O5. The molecule has 2 amide bonds. The number of carbonyl (C=O) groups is 3. The fraction of sp³-hybridized carbons (Fsp3) is 0.444. The first-order valence-corrected chi connectivity index (χ1v) is 12.7. The highest BCUT2D eigenvalue weighted by Gasteiger charge is 2.42. The first-order chi connectivity index (χ1) is 17.8. The Bertz CT molecular complexity index is 1290. The molecule has 10 nitrogen and oxygen atoms in total. The van der Waals surface area contributed by atoms with E-state index in [1.807, 2.05) is 38.1 Å². The number of carbonyl (C=O) groups excluding carboxylic acids is 3. The number of hydrogen-bond acceptors (Lipinski definition) is 7. The van der Waals surface area contributed by atoms with Gasteiger partial charge < -0.3 is 19.8 Å². The molecule has 0 bridgehead atoms. The maximum atomic E-state index is 12.8. The fourth-order valence-electron chi connectivity index (χ4n) is 4.51. The molecule has 2 aliphatic carbocycles. The van der Waals surface area contributed by atoms with Gasteiger partial charge in [-0.3, -0.25) is 14.7 Å². The fourth-order valence-corrected chi connectivity index (χ4v) is 4.51. The van der Waals surface area contributed by atoms with Crippen LogP contribution in [0, 0.1) is 17.8 Å². The summed E-state index contributed by atoms with van der Waals surface area (Å²) >= 11 is 0. The van der Waals surface area contributed by atoms with Crippen LogP contribution in [0.15, 0.2) is 40.9 Å². The van der Waals surface area contributed by atoms with Crippen molar-refractivity contribution in [2.24, 2.45) is 17.8 Å². The van der Waals surface area contributed by atoms with E-state index in [-0.39, 0.29) is 29.3 Å². The van der Waals surface area contributed by atoms with Gasteiger partial charge in [-0.1, -0.05) is 26.0 Å². The van der Waals surface area contributed by atoms with Crippen molar-refractivity contribution < 1.29 is 23.5 Å². The number of nitrogens with zero attached hydrogens (tertiary/aromatic N) is 2. The molecule has 5 rings (SSSR count). The highest BCUT2D eigenvalue weighted by Crippen LogP contribution is 2.44. The van der Waals surface area contributed by atoms with E-state index in [4.69, 9.17) is 9.15 Å². The third kappa shape index (κ3) is 5.58. The van der Waals surface area contributed by atoms with Gasteiger partial charge in [0, 0.05) is 17.2 Å². The minimum Gasteiger partial charge on any atom is -0.467 e. The molecule has 2 aromatic heterocycles. The third-order valence-electron chi connectivity index (χ3n) is 6.92. The van der Waals surface area contributed by atoms with Gasteiger partial charge in [0.15, 0.2) is 0 Å². The number of aromatic amines is 1. The summed E-state index contributed by atoms with van der Waals surface area (Å²) < 4.78 is 10.6. The number of aromatic nitrogens is 3. The molecule has 3 aromatic rings. The van der Waals surface area contributed by atoms with E-state index in [0.29, 0.717) is 29.0 Å². The van der Waals surface area contributed by atoms with Gasteiger partial charge in [0.05, 0.1) is 19.0 Å². The maximum Gasteiger partial charge on any atom is 0.328 e. The van der Waals surface area contributed by atoms with Crippen LogP contribution in [0.4, 0.5) is 0 Å². The number of amides is 2. The van der Waals surface area contributed by atoms with E-state index in [2.05, 4.69) is 25.8 Å². The maximum absolute atomic E-state index is 12.8. The summed E-state index contributed by atoms with van der Waals surface area (Å²) in [5.41, 5.74) is 2.16. The van der Waals surface area contributed by atoms with Crippen LogP contribution in [0.25, 0.3) is 22.7 Å². The van der Waals surface area contributed by atoms with Crippen molar-refractivity contribution in [2.45, 2.75) is 51.6 Å². The second-order valence-electron chi connectivity index (χ2n) is 10.2. The normalized spacial score (nSPS) is 16.0. The number of hydrogen-bond donors (Lipinski definition) is 3. The lowest BCUT2D eigenvalue weighted by molar-refractivity contribution is -0.144. The lowest BCUT2D eigenvalue weighted by Gasteiger charge is -2.19. The number of methoxy groups -OCH3 is 1. The zero-order valence-corrected chi connectivity index (χ0v) is 21.1. The highest BCUT2D eigenvalue weighted by atomic mass is 16.5. The molecule has 194 valence electrons. The molecule has 37 heavy (non-hydrogen) atoms. The molecule has 2 fully saturated rings. The Morgan fingerprint density at radius 1 is 1.03 bits per heavy atom. The van der Waals surface area contributed by atoms with Crippen molar-refractivity contribution >= 4 is 17.8 Å². The standard InChI is InChI=1S/C27H31N5O5/c1-14(2)22(27(35)36-3)29-24(33)20-12-19(31-32-20)17-5-4-6-18(11-17)26-28-13-21(37-26)25(34)30-23(15-7-8-15)16-9-10-16/h4-6,11-16,22-23H,7-10H2,1-3H3,(H,29,33)(H,30,34)(H,31,32)/t22-/m0/s1. The van der Waals surface area contributed by atoms with Crippen LogP contribution in [0.2, 0.25) is 0 Å². The van der Waals surface area contributed by atoms with Crippen LogP contribution in [-0.4, -0.2) is 52.2 Å². The van der Waals surface area contributed by atoms with Crippen LogP contribution in [0.3, 0.4) is 0 Å². The average molecular weight is 506 g/mol. The predicted octanol–water partition coefficient (Wildman–Crippen LogP) is 3.58. The average Bonchev–Trinajstić information content (AvgIpc) is 3.82. The van der Waals surface area contributed by atoms with E-state index in [1.54, 1.807) is 6.07 Å². The van der Waals surface area contributed by atoms with Gasteiger partial charge in [0.2, 0.25) is 11.7 Å². The quantitative estimate of drug-likeness (QED) is 0.358. The number of rotatable bonds is 10. The van der Waals surface area contributed by atoms with E-state index < -0.39 is 17.9 Å². The molecular weight excluding hydrogens is 474 g/mol. The monoisotopic (exact) mass is 505 g/mol. The second kappa shape index (κ2) is 10.2. The summed E-state index contributed by atoms with van der Waals surface area (Å²) in [6, 6.07) is 8.40. The molecule has 3 N–H and O–H groups in total. The number of oxazole rings is 1. The van der Waals surface area contributed by atoms with Gasteiger partial charge in [-0.15, -0.1) is 0 Å². The zero-order valence-electron chi connectivity index (χ0n) is 21.1. The van der Waals surface area contributed by atoms with E-state index in [0.717, 1.165) is 5.56 Å². The molecule has 2 saturated carbocycles. The summed E-state index contributed by atoms with van der Waals surface area (Å²) in [6.45, 7) is 3.64. The Kier molecular flexibility index (Phi) is 6.82. The summed E-state index contributed by atoms with van der Waals surface area (Å²) in [5.74, 6) is 0.359. The molecule has 10 heteroatoms. The molecule has 0 aliphatic heterocycles. The lowest BCUT2D eigenvalue weighted by atomic mass is 10.0. The third-order valence-corrected chi connectivity index (χ3v) is 6.92. The van der Waals surface area contributed by atoms with Gasteiger partial charge in [0.25, 0.3) is 11.8 Å². The molecule has 0 saturated heterocycles. The molecule has 0 unspecified atom stereocenters. The molecule has 1 aromatic carbocycles. The second-order valence-corrected chi connectivity index (χ2v) is 10.2. The Morgan fingerprint density at radius 2 is 1.73 bits per heavy atom. The van der Waals surface area contributed by atoms with Gasteiger partial charge in [-0.05, 0) is 61.6 Å². The van der Waals surface area contributed by atoms with Crippen LogP contribution in [-0.2, 0) is 9.53 Å². The highest BCUT2D eigenvalue weighted by molar-refractivity contribution is 5.96. The van der Waals surface area contributed by atoms with E-state index >= 15 is 0 Å². The van der Waals surface area contributed by atoms with Crippen LogP contribution in [0.1, 0.15) is 60.6 Å². The predicted molar refractivity (Wildman–Crippen MR) is 134 cm³/mol. The van der Waals surface area contributed by atoms with Gasteiger partial charge in [-0.2, -0.15) is 5.10 Å². The summed E-state index contributed by atoms with van der Waals surface area (Å²) in [4.78, 5) is 41.8. The number of H-pyrrole nitrogens is 1. The number of benzene rings is 1. The molecule has 0 spiro atoms. The lowest BCUT2D eigenvalue weighted by Crippen LogP contribution is -2.45. The van der Waals surface area contributed by atoms with Gasteiger partial charge in [-0.25, -0.2) is 9.78 Å². The van der Waals surface area contributed by atoms with Crippen molar-refractivity contribution in [2.75, 3.05) is 7.11 Å². The Hall–Kier alpha value is -3.95. The Balaban J connectivity index is 1.28. The summed E-state index contributed by atoms with van der Waals surface area (Å²) in [5, 5.41) is 12.8. The van der Waals surface area contributed by atoms with Crippen LogP contribution >= 0.6 is 0 Å². The first-order valence-electron chi connectivity index (χ1n) is 12.7. The Labute approximate surface area is 214 Å².